The summed E-state index contributed by atoms with van der Waals surface area (Å²) in [7, 11) is 0. The molecule has 24 heavy (non-hydrogen) atoms. The Labute approximate surface area is 149 Å². The molecule has 1 aromatic carbocycles. The third-order valence-corrected chi connectivity index (χ3v) is 4.31. The molecule has 1 atom stereocenters. The molecule has 2 aromatic rings. The molecule has 0 spiro atoms. The zero-order valence-corrected chi connectivity index (χ0v) is 15.4. The van der Waals surface area contributed by atoms with Gasteiger partial charge in [0.2, 0.25) is 5.76 Å². The number of carbonyl (C=O) groups is 2. The van der Waals surface area contributed by atoms with E-state index in [0.29, 0.717) is 4.47 Å². The number of hydrogen-bond donors (Lipinski definition) is 2. The van der Waals surface area contributed by atoms with Crippen LogP contribution in [0.2, 0.25) is 0 Å². The molecule has 0 saturated carbocycles. The average molecular weight is 394 g/mol. The fourth-order valence-electron chi connectivity index (χ4n) is 2.32. The number of carboxylic acid groups (broad SMARTS) is 1. The topological polar surface area (TPSA) is 79.5 Å². The van der Waals surface area contributed by atoms with Crippen molar-refractivity contribution in [3.63, 3.8) is 0 Å². The van der Waals surface area contributed by atoms with Crippen molar-refractivity contribution in [2.75, 3.05) is 0 Å². The molecule has 0 aliphatic carbocycles. The normalized spacial score (nSPS) is 12.7. The van der Waals surface area contributed by atoms with Gasteiger partial charge in [-0.05, 0) is 38.5 Å². The maximum atomic E-state index is 12.3. The first-order chi connectivity index (χ1) is 11.2. The Morgan fingerprint density at radius 3 is 2.29 bits per heavy atom. The van der Waals surface area contributed by atoms with Gasteiger partial charge in [0.1, 0.15) is 0 Å². The van der Waals surface area contributed by atoms with Crippen LogP contribution in [0.3, 0.4) is 0 Å². The van der Waals surface area contributed by atoms with Crippen LogP contribution in [0.4, 0.5) is 0 Å². The minimum Gasteiger partial charge on any atom is -0.481 e. The first kappa shape index (κ1) is 18.3. The van der Waals surface area contributed by atoms with Gasteiger partial charge in [-0.2, -0.15) is 0 Å². The van der Waals surface area contributed by atoms with Crippen molar-refractivity contribution in [2.24, 2.45) is 0 Å². The second kappa shape index (κ2) is 7.21. The van der Waals surface area contributed by atoms with Crippen LogP contribution in [0.15, 0.2) is 45.5 Å². The van der Waals surface area contributed by atoms with E-state index in [0.717, 1.165) is 11.1 Å². The zero-order chi connectivity index (χ0) is 17.9. The van der Waals surface area contributed by atoms with E-state index < -0.39 is 17.9 Å². The van der Waals surface area contributed by atoms with Crippen molar-refractivity contribution in [3.05, 3.63) is 58.0 Å². The lowest BCUT2D eigenvalue weighted by atomic mass is 9.86. The highest BCUT2D eigenvalue weighted by Gasteiger charge is 2.22. The molecule has 0 bridgehead atoms. The van der Waals surface area contributed by atoms with Crippen LogP contribution >= 0.6 is 15.9 Å². The maximum Gasteiger partial charge on any atom is 0.305 e. The van der Waals surface area contributed by atoms with E-state index in [1.54, 1.807) is 6.07 Å². The molecule has 0 aliphatic heterocycles. The Morgan fingerprint density at radius 2 is 1.83 bits per heavy atom. The van der Waals surface area contributed by atoms with Crippen molar-refractivity contribution < 1.29 is 19.1 Å². The largest absolute Gasteiger partial charge is 0.481 e. The van der Waals surface area contributed by atoms with Crippen molar-refractivity contribution in [1.82, 2.24) is 5.32 Å². The molecule has 2 N–H and O–H groups in total. The molecular formula is C18H20BrNO4. The molecule has 0 aliphatic rings. The second-order valence-corrected chi connectivity index (χ2v) is 7.45. The lowest BCUT2D eigenvalue weighted by Crippen LogP contribution is -2.30. The van der Waals surface area contributed by atoms with Gasteiger partial charge in [-0.15, -0.1) is 0 Å². The minimum absolute atomic E-state index is 0.00308. The standard InChI is InChI=1S/C18H20BrNO4/c1-18(2,3)12-6-4-11(5-7-12)14(10-15(21)22)20-17(23)16-13(19)8-9-24-16/h4-9,14H,10H2,1-3H3,(H,20,23)(H,21,22). The molecule has 1 aromatic heterocycles. The maximum absolute atomic E-state index is 12.3. The molecule has 5 nitrogen and oxygen atoms in total. The van der Waals surface area contributed by atoms with Crippen LogP contribution < -0.4 is 5.32 Å². The highest BCUT2D eigenvalue weighted by atomic mass is 79.9. The summed E-state index contributed by atoms with van der Waals surface area (Å²) in [5.41, 5.74) is 1.88. The van der Waals surface area contributed by atoms with Gasteiger partial charge < -0.3 is 14.8 Å². The van der Waals surface area contributed by atoms with E-state index in [1.165, 1.54) is 6.26 Å². The van der Waals surface area contributed by atoms with E-state index in [1.807, 2.05) is 24.3 Å². The fourth-order valence-corrected chi connectivity index (χ4v) is 2.70. The van der Waals surface area contributed by atoms with Crippen LogP contribution in [0.5, 0.6) is 0 Å². The molecule has 0 radical (unpaired) electrons. The van der Waals surface area contributed by atoms with Gasteiger partial charge >= 0.3 is 5.97 Å². The lowest BCUT2D eigenvalue weighted by molar-refractivity contribution is -0.137. The number of hydrogen-bond acceptors (Lipinski definition) is 3. The summed E-state index contributed by atoms with van der Waals surface area (Å²) in [6, 6.07) is 8.59. The van der Waals surface area contributed by atoms with Gasteiger partial charge in [-0.1, -0.05) is 45.0 Å². The van der Waals surface area contributed by atoms with Gasteiger partial charge in [-0.3, -0.25) is 9.59 Å². The molecule has 128 valence electrons. The number of carboxylic acids is 1. The molecule has 0 fully saturated rings. The Morgan fingerprint density at radius 1 is 1.21 bits per heavy atom. The monoisotopic (exact) mass is 393 g/mol. The predicted octanol–water partition coefficient (Wildman–Crippen LogP) is 4.29. The Balaban J connectivity index is 2.23. The van der Waals surface area contributed by atoms with Gasteiger partial charge in [0.05, 0.1) is 23.2 Å². The van der Waals surface area contributed by atoms with E-state index in [-0.39, 0.29) is 17.6 Å². The van der Waals surface area contributed by atoms with Gasteiger partial charge in [-0.25, -0.2) is 0 Å². The first-order valence-electron chi connectivity index (χ1n) is 7.54. The summed E-state index contributed by atoms with van der Waals surface area (Å²) < 4.78 is 5.65. The van der Waals surface area contributed by atoms with E-state index in [9.17, 15) is 9.59 Å². The van der Waals surface area contributed by atoms with Crippen LogP contribution in [0.25, 0.3) is 0 Å². The van der Waals surface area contributed by atoms with Crippen molar-refractivity contribution >= 4 is 27.8 Å². The van der Waals surface area contributed by atoms with Crippen LogP contribution in [-0.4, -0.2) is 17.0 Å². The molecule has 1 amide bonds. The molecule has 0 saturated heterocycles. The first-order valence-corrected chi connectivity index (χ1v) is 8.34. The van der Waals surface area contributed by atoms with Crippen molar-refractivity contribution in [2.45, 2.75) is 38.6 Å². The third-order valence-electron chi connectivity index (χ3n) is 3.69. The Kier molecular flexibility index (Phi) is 5.49. The number of aliphatic carboxylic acids is 1. The smallest absolute Gasteiger partial charge is 0.305 e. The predicted molar refractivity (Wildman–Crippen MR) is 94.0 cm³/mol. The van der Waals surface area contributed by atoms with Gasteiger partial charge in [0.15, 0.2) is 0 Å². The lowest BCUT2D eigenvalue weighted by Gasteiger charge is -2.21. The van der Waals surface area contributed by atoms with E-state index in [4.69, 9.17) is 9.52 Å². The van der Waals surface area contributed by atoms with Crippen molar-refractivity contribution in [3.8, 4) is 0 Å². The highest BCUT2D eigenvalue weighted by Crippen LogP contribution is 2.26. The summed E-state index contributed by atoms with van der Waals surface area (Å²) in [6.07, 6.45) is 1.18. The summed E-state index contributed by atoms with van der Waals surface area (Å²) in [5.74, 6) is -1.33. The van der Waals surface area contributed by atoms with Crippen molar-refractivity contribution in [1.29, 1.82) is 0 Å². The summed E-state index contributed by atoms with van der Waals surface area (Å²) in [4.78, 5) is 23.5. The SMILES string of the molecule is CC(C)(C)c1ccc(C(CC(=O)O)NC(=O)c2occc2Br)cc1. The quantitative estimate of drug-likeness (QED) is 0.793. The van der Waals surface area contributed by atoms with Crippen LogP contribution in [0.1, 0.15) is 54.9 Å². The van der Waals surface area contributed by atoms with Gasteiger partial charge in [0.25, 0.3) is 5.91 Å². The Bertz CT molecular complexity index is 728. The number of halogens is 1. The number of carbonyl (C=O) groups excluding carboxylic acids is 1. The fraction of sp³-hybridized carbons (Fsp3) is 0.333. The average Bonchev–Trinajstić information content (AvgIpc) is 2.91. The summed E-state index contributed by atoms with van der Waals surface area (Å²) in [6.45, 7) is 6.31. The molecule has 1 heterocycles. The summed E-state index contributed by atoms with van der Waals surface area (Å²) in [5, 5.41) is 11.9. The number of rotatable bonds is 5. The third kappa shape index (κ3) is 4.47. The van der Waals surface area contributed by atoms with E-state index in [2.05, 4.69) is 42.0 Å². The zero-order valence-electron chi connectivity index (χ0n) is 13.8. The molecular weight excluding hydrogens is 374 g/mol. The highest BCUT2D eigenvalue weighted by molar-refractivity contribution is 9.10. The second-order valence-electron chi connectivity index (χ2n) is 6.59. The Hall–Kier alpha value is -2.08. The number of benzene rings is 1. The van der Waals surface area contributed by atoms with Gasteiger partial charge in [0, 0.05) is 0 Å². The molecule has 2 rings (SSSR count). The number of furan rings is 1. The number of nitrogens with one attached hydrogen (secondary N) is 1. The minimum atomic E-state index is -0.987. The molecule has 6 heteroatoms. The van der Waals surface area contributed by atoms with E-state index >= 15 is 0 Å². The summed E-state index contributed by atoms with van der Waals surface area (Å²) >= 11 is 3.22. The molecule has 1 unspecified atom stereocenters. The van der Waals surface area contributed by atoms with Crippen LogP contribution in [-0.2, 0) is 10.2 Å². The number of amides is 1. The van der Waals surface area contributed by atoms with Crippen LogP contribution in [0, 0.1) is 0 Å².